The highest BCUT2D eigenvalue weighted by Gasteiger charge is 2.23. The van der Waals surface area contributed by atoms with Gasteiger partial charge in [0.2, 0.25) is 5.82 Å². The fourth-order valence-electron chi connectivity index (χ4n) is 1.30. The highest BCUT2D eigenvalue weighted by atomic mass is 16.6. The quantitative estimate of drug-likeness (QED) is 0.478. The van der Waals surface area contributed by atoms with Gasteiger partial charge in [-0.1, -0.05) is 0 Å². The van der Waals surface area contributed by atoms with Crippen molar-refractivity contribution in [3.8, 4) is 0 Å². The molecular weight excluding hydrogens is 240 g/mol. The summed E-state index contributed by atoms with van der Waals surface area (Å²) >= 11 is 0. The molecule has 18 heavy (non-hydrogen) atoms. The Morgan fingerprint density at radius 3 is 2.67 bits per heavy atom. The van der Waals surface area contributed by atoms with Crippen molar-refractivity contribution in [1.82, 2.24) is 10.2 Å². The number of hydrogen-bond donors (Lipinski definition) is 2. The predicted molar refractivity (Wildman–Crippen MR) is 64.3 cm³/mol. The number of carbonyl (C=O) groups excluding carboxylic acids is 1. The molecule has 0 saturated carbocycles. The molecule has 0 aliphatic rings. The summed E-state index contributed by atoms with van der Waals surface area (Å²) in [6.45, 7) is 6.58. The lowest BCUT2D eigenvalue weighted by Gasteiger charge is -2.19. The van der Waals surface area contributed by atoms with E-state index < -0.39 is 16.5 Å². The third kappa shape index (κ3) is 3.72. The zero-order valence-electron chi connectivity index (χ0n) is 10.7. The Kier molecular flexibility index (Phi) is 3.89. The van der Waals surface area contributed by atoms with E-state index in [0.29, 0.717) is 5.69 Å². The lowest BCUT2D eigenvalue weighted by molar-refractivity contribution is -0.384. The lowest BCUT2D eigenvalue weighted by Crippen LogP contribution is -2.28. The van der Waals surface area contributed by atoms with E-state index in [9.17, 15) is 14.9 Å². The average molecular weight is 256 g/mol. The molecule has 2 N–H and O–H groups in total. The Labute approximate surface area is 104 Å². The summed E-state index contributed by atoms with van der Waals surface area (Å²) in [6.07, 6.45) is 0. The van der Waals surface area contributed by atoms with Crippen LogP contribution in [-0.4, -0.2) is 33.2 Å². The number of aromatic amines is 1. The van der Waals surface area contributed by atoms with Gasteiger partial charge in [0.05, 0.1) is 4.92 Å². The molecule has 0 bridgehead atoms. The summed E-state index contributed by atoms with van der Waals surface area (Å²) in [6, 6.07) is 0. The first kappa shape index (κ1) is 13.9. The van der Waals surface area contributed by atoms with Gasteiger partial charge in [0, 0.05) is 0 Å². The SMILES string of the molecule is Cc1[nH]nc(NCC(=O)OC(C)(C)C)c1[N+](=O)[O-]. The fourth-order valence-corrected chi connectivity index (χ4v) is 1.30. The van der Waals surface area contributed by atoms with Gasteiger partial charge in [0.25, 0.3) is 0 Å². The summed E-state index contributed by atoms with van der Waals surface area (Å²) in [4.78, 5) is 21.6. The van der Waals surface area contributed by atoms with Gasteiger partial charge >= 0.3 is 11.7 Å². The smallest absolute Gasteiger partial charge is 0.333 e. The maximum Gasteiger partial charge on any atom is 0.333 e. The normalized spacial score (nSPS) is 11.1. The highest BCUT2D eigenvalue weighted by molar-refractivity contribution is 5.76. The largest absolute Gasteiger partial charge is 0.459 e. The minimum Gasteiger partial charge on any atom is -0.459 e. The van der Waals surface area contributed by atoms with Gasteiger partial charge in [-0.15, -0.1) is 0 Å². The van der Waals surface area contributed by atoms with Gasteiger partial charge in [-0.25, -0.2) is 0 Å². The van der Waals surface area contributed by atoms with Gasteiger partial charge < -0.3 is 10.1 Å². The molecule has 0 amide bonds. The summed E-state index contributed by atoms with van der Waals surface area (Å²) < 4.78 is 5.06. The van der Waals surface area contributed by atoms with Crippen molar-refractivity contribution >= 4 is 17.5 Å². The van der Waals surface area contributed by atoms with Crippen molar-refractivity contribution in [3.63, 3.8) is 0 Å². The van der Waals surface area contributed by atoms with Crippen LogP contribution in [-0.2, 0) is 9.53 Å². The predicted octanol–water partition coefficient (Wildman–Crippen LogP) is 1.38. The molecule has 1 rings (SSSR count). The topological polar surface area (TPSA) is 110 Å². The average Bonchev–Trinajstić information content (AvgIpc) is 2.54. The second kappa shape index (κ2) is 5.03. The van der Waals surface area contributed by atoms with E-state index in [1.807, 2.05) is 0 Å². The van der Waals surface area contributed by atoms with Gasteiger partial charge in [-0.05, 0) is 27.7 Å². The lowest BCUT2D eigenvalue weighted by atomic mass is 10.2. The van der Waals surface area contributed by atoms with Crippen molar-refractivity contribution in [2.45, 2.75) is 33.3 Å². The Hall–Kier alpha value is -2.12. The number of ether oxygens (including phenoxy) is 1. The van der Waals surface area contributed by atoms with Crippen LogP contribution in [0.4, 0.5) is 11.5 Å². The third-order valence-corrected chi connectivity index (χ3v) is 1.92. The first-order chi connectivity index (χ1) is 8.20. The summed E-state index contributed by atoms with van der Waals surface area (Å²) in [5.74, 6) is -0.471. The van der Waals surface area contributed by atoms with Crippen molar-refractivity contribution in [2.24, 2.45) is 0 Å². The van der Waals surface area contributed by atoms with E-state index >= 15 is 0 Å². The van der Waals surface area contributed by atoms with Crippen LogP contribution in [0.25, 0.3) is 0 Å². The monoisotopic (exact) mass is 256 g/mol. The maximum atomic E-state index is 11.4. The number of hydrogen-bond acceptors (Lipinski definition) is 6. The van der Waals surface area contributed by atoms with Crippen LogP contribution in [0.15, 0.2) is 0 Å². The minimum absolute atomic E-state index is 0.0309. The Balaban J connectivity index is 2.65. The summed E-state index contributed by atoms with van der Waals surface area (Å²) in [5.41, 5.74) is -0.433. The van der Waals surface area contributed by atoms with Crippen LogP contribution in [0.5, 0.6) is 0 Å². The highest BCUT2D eigenvalue weighted by Crippen LogP contribution is 2.24. The second-order valence-corrected chi connectivity index (χ2v) is 4.74. The first-order valence-electron chi connectivity index (χ1n) is 5.36. The van der Waals surface area contributed by atoms with Gasteiger partial charge in [0.1, 0.15) is 17.8 Å². The minimum atomic E-state index is -0.591. The van der Waals surface area contributed by atoms with Crippen LogP contribution in [0.3, 0.4) is 0 Å². The molecule has 8 heteroatoms. The number of H-pyrrole nitrogens is 1. The zero-order chi connectivity index (χ0) is 13.9. The molecule has 0 fully saturated rings. The van der Waals surface area contributed by atoms with Gasteiger partial charge in [-0.2, -0.15) is 5.10 Å². The first-order valence-corrected chi connectivity index (χ1v) is 5.36. The van der Waals surface area contributed by atoms with Crippen LogP contribution in [0.1, 0.15) is 26.5 Å². The molecule has 1 aromatic heterocycles. The molecule has 0 atom stereocenters. The number of rotatable bonds is 4. The third-order valence-electron chi connectivity index (χ3n) is 1.92. The summed E-state index contributed by atoms with van der Waals surface area (Å²) in [7, 11) is 0. The summed E-state index contributed by atoms with van der Waals surface area (Å²) in [5, 5.41) is 19.5. The van der Waals surface area contributed by atoms with E-state index in [0.717, 1.165) is 0 Å². The second-order valence-electron chi connectivity index (χ2n) is 4.74. The van der Waals surface area contributed by atoms with Crippen molar-refractivity contribution in [2.75, 3.05) is 11.9 Å². The number of nitrogens with one attached hydrogen (secondary N) is 2. The van der Waals surface area contributed by atoms with Crippen molar-refractivity contribution < 1.29 is 14.5 Å². The van der Waals surface area contributed by atoms with E-state index in [2.05, 4.69) is 15.5 Å². The Bertz CT molecular complexity index is 461. The Morgan fingerprint density at radius 2 is 2.17 bits per heavy atom. The Morgan fingerprint density at radius 1 is 1.56 bits per heavy atom. The molecule has 0 saturated heterocycles. The number of anilines is 1. The molecule has 0 aliphatic carbocycles. The van der Waals surface area contributed by atoms with Crippen LogP contribution in [0.2, 0.25) is 0 Å². The molecule has 1 heterocycles. The molecule has 8 nitrogen and oxygen atoms in total. The molecule has 0 spiro atoms. The maximum absolute atomic E-state index is 11.4. The number of aryl methyl sites for hydroxylation is 1. The molecule has 100 valence electrons. The fraction of sp³-hybridized carbons (Fsp3) is 0.600. The number of carbonyl (C=O) groups is 1. The van der Waals surface area contributed by atoms with Gasteiger partial charge in [-0.3, -0.25) is 20.0 Å². The molecule has 0 aliphatic heterocycles. The number of aromatic nitrogens is 2. The molecule has 0 radical (unpaired) electrons. The van der Waals surface area contributed by atoms with Crippen molar-refractivity contribution in [3.05, 3.63) is 15.8 Å². The van der Waals surface area contributed by atoms with Crippen LogP contribution in [0, 0.1) is 17.0 Å². The van der Waals surface area contributed by atoms with Crippen LogP contribution >= 0.6 is 0 Å². The van der Waals surface area contributed by atoms with E-state index in [-0.39, 0.29) is 18.1 Å². The van der Waals surface area contributed by atoms with E-state index in [1.165, 1.54) is 6.92 Å². The van der Waals surface area contributed by atoms with E-state index in [1.54, 1.807) is 20.8 Å². The van der Waals surface area contributed by atoms with E-state index in [4.69, 9.17) is 4.74 Å². The standard InChI is InChI=1S/C10H16N4O4/c1-6-8(14(16)17)9(13-12-6)11-5-7(15)18-10(2,3)4/h5H2,1-4H3,(H2,11,12,13). The zero-order valence-corrected chi connectivity index (χ0v) is 10.7. The molecule has 0 unspecified atom stereocenters. The molecule has 1 aromatic rings. The van der Waals surface area contributed by atoms with Crippen molar-refractivity contribution in [1.29, 1.82) is 0 Å². The van der Waals surface area contributed by atoms with Crippen LogP contribution < -0.4 is 5.32 Å². The number of esters is 1. The van der Waals surface area contributed by atoms with Gasteiger partial charge in [0.15, 0.2) is 0 Å². The molecular formula is C10H16N4O4. The number of nitrogens with zero attached hydrogens (tertiary/aromatic N) is 2. The number of nitro groups is 1. The molecule has 0 aromatic carbocycles.